The fourth-order valence-electron chi connectivity index (χ4n) is 4.48. The van der Waals surface area contributed by atoms with E-state index in [1.807, 2.05) is 33.7 Å². The number of hydrogen-bond acceptors (Lipinski definition) is 3. The first-order valence-corrected chi connectivity index (χ1v) is 9.76. The minimum absolute atomic E-state index is 0.193. The summed E-state index contributed by atoms with van der Waals surface area (Å²) in [5, 5.41) is 0. The van der Waals surface area contributed by atoms with Crippen molar-refractivity contribution in [2.45, 2.75) is 32.0 Å². The van der Waals surface area contributed by atoms with Gasteiger partial charge in [-0.25, -0.2) is 4.98 Å². The third kappa shape index (κ3) is 3.12. The molecule has 1 saturated heterocycles. The predicted molar refractivity (Wildman–Crippen MR) is 105 cm³/mol. The number of amides is 1. The lowest BCUT2D eigenvalue weighted by Gasteiger charge is -2.33. The molecule has 2 aromatic carbocycles. The smallest absolute Gasteiger partial charge is 0.242 e. The molecular formula is C22H24N4O. The lowest BCUT2D eigenvalue weighted by molar-refractivity contribution is -0.130. The largest absolute Gasteiger partial charge is 0.340 e. The van der Waals surface area contributed by atoms with E-state index in [0.717, 1.165) is 50.1 Å². The third-order valence-electron chi connectivity index (χ3n) is 6.03. The van der Waals surface area contributed by atoms with Crippen LogP contribution in [0.25, 0.3) is 11.0 Å². The monoisotopic (exact) mass is 360 g/mol. The number of carbonyl (C=O) groups is 1. The molecule has 1 atom stereocenters. The molecule has 0 spiro atoms. The number of imidazole rings is 1. The summed E-state index contributed by atoms with van der Waals surface area (Å²) in [4.78, 5) is 21.8. The molecule has 1 unspecified atom stereocenters. The van der Waals surface area contributed by atoms with Crippen LogP contribution in [0.4, 0.5) is 0 Å². The van der Waals surface area contributed by atoms with Crippen molar-refractivity contribution in [1.29, 1.82) is 0 Å². The van der Waals surface area contributed by atoms with E-state index in [1.54, 1.807) is 6.33 Å². The van der Waals surface area contributed by atoms with Crippen LogP contribution in [-0.4, -0.2) is 50.9 Å². The Balaban J connectivity index is 1.24. The van der Waals surface area contributed by atoms with Gasteiger partial charge in [-0.3, -0.25) is 9.69 Å². The second-order valence-corrected chi connectivity index (χ2v) is 7.63. The summed E-state index contributed by atoms with van der Waals surface area (Å²) >= 11 is 0. The van der Waals surface area contributed by atoms with Crippen LogP contribution in [0.3, 0.4) is 0 Å². The van der Waals surface area contributed by atoms with Gasteiger partial charge in [-0.1, -0.05) is 36.4 Å². The molecule has 27 heavy (non-hydrogen) atoms. The maximum atomic E-state index is 12.8. The van der Waals surface area contributed by atoms with Gasteiger partial charge in [0, 0.05) is 32.2 Å². The number of fused-ring (bicyclic) bond motifs is 2. The van der Waals surface area contributed by atoms with Crippen LogP contribution in [0.2, 0.25) is 0 Å². The standard InChI is InChI=1S/C22H24N4O/c27-22(15-26-16-23-20-7-3-4-8-21(20)26)25-12-10-19(14-25)24-11-9-17-5-1-2-6-18(17)13-24/h1-8,16,19H,9-15H2. The van der Waals surface area contributed by atoms with Crippen molar-refractivity contribution in [3.63, 3.8) is 0 Å². The molecule has 1 aromatic heterocycles. The first-order chi connectivity index (χ1) is 13.3. The fourth-order valence-corrected chi connectivity index (χ4v) is 4.48. The number of para-hydroxylation sites is 2. The average molecular weight is 360 g/mol. The zero-order valence-electron chi connectivity index (χ0n) is 15.4. The van der Waals surface area contributed by atoms with E-state index in [9.17, 15) is 4.79 Å². The maximum absolute atomic E-state index is 12.8. The van der Waals surface area contributed by atoms with Gasteiger partial charge < -0.3 is 9.47 Å². The second kappa shape index (κ2) is 6.82. The Morgan fingerprint density at radius 1 is 1.04 bits per heavy atom. The van der Waals surface area contributed by atoms with Gasteiger partial charge in [-0.05, 0) is 36.1 Å². The van der Waals surface area contributed by atoms with Crippen LogP contribution in [-0.2, 0) is 24.3 Å². The summed E-state index contributed by atoms with van der Waals surface area (Å²) in [6.07, 6.45) is 3.96. The summed E-state index contributed by atoms with van der Waals surface area (Å²) < 4.78 is 1.96. The Labute approximate surface area is 159 Å². The van der Waals surface area contributed by atoms with Gasteiger partial charge in [0.25, 0.3) is 0 Å². The Bertz CT molecular complexity index is 979. The Morgan fingerprint density at radius 3 is 2.78 bits per heavy atom. The highest BCUT2D eigenvalue weighted by molar-refractivity contribution is 5.80. The molecule has 5 nitrogen and oxygen atoms in total. The highest BCUT2D eigenvalue weighted by Gasteiger charge is 2.32. The number of likely N-dealkylation sites (tertiary alicyclic amines) is 1. The van der Waals surface area contributed by atoms with Gasteiger partial charge in [0.2, 0.25) is 5.91 Å². The summed E-state index contributed by atoms with van der Waals surface area (Å²) in [6.45, 7) is 4.17. The number of rotatable bonds is 3. The quantitative estimate of drug-likeness (QED) is 0.721. The molecular weight excluding hydrogens is 336 g/mol. The van der Waals surface area contributed by atoms with Crippen LogP contribution in [0.5, 0.6) is 0 Å². The summed E-state index contributed by atoms with van der Waals surface area (Å²) in [6, 6.07) is 17.2. The van der Waals surface area contributed by atoms with E-state index in [0.29, 0.717) is 12.6 Å². The fraction of sp³-hybridized carbons (Fsp3) is 0.364. The van der Waals surface area contributed by atoms with E-state index >= 15 is 0 Å². The molecule has 1 fully saturated rings. The van der Waals surface area contributed by atoms with Gasteiger partial charge in [-0.15, -0.1) is 0 Å². The number of benzene rings is 2. The van der Waals surface area contributed by atoms with Gasteiger partial charge in [0.1, 0.15) is 6.54 Å². The van der Waals surface area contributed by atoms with Gasteiger partial charge in [0.15, 0.2) is 0 Å². The number of aromatic nitrogens is 2. The number of carbonyl (C=O) groups excluding carboxylic acids is 1. The van der Waals surface area contributed by atoms with Crippen molar-refractivity contribution in [1.82, 2.24) is 19.4 Å². The summed E-state index contributed by atoms with van der Waals surface area (Å²) in [5.41, 5.74) is 4.89. The first-order valence-electron chi connectivity index (χ1n) is 9.76. The van der Waals surface area contributed by atoms with Crippen molar-refractivity contribution in [3.05, 3.63) is 66.0 Å². The van der Waals surface area contributed by atoms with E-state index in [-0.39, 0.29) is 5.91 Å². The Hall–Kier alpha value is -2.66. The van der Waals surface area contributed by atoms with Crippen molar-refractivity contribution in [2.24, 2.45) is 0 Å². The molecule has 2 aliphatic rings. The van der Waals surface area contributed by atoms with Crippen LogP contribution < -0.4 is 0 Å². The molecule has 1 amide bonds. The molecule has 5 rings (SSSR count). The van der Waals surface area contributed by atoms with Gasteiger partial charge in [0.05, 0.1) is 17.4 Å². The zero-order valence-corrected chi connectivity index (χ0v) is 15.4. The predicted octanol–water partition coefficient (Wildman–Crippen LogP) is 2.70. The molecule has 0 bridgehead atoms. The van der Waals surface area contributed by atoms with Crippen LogP contribution in [0.15, 0.2) is 54.9 Å². The van der Waals surface area contributed by atoms with E-state index in [4.69, 9.17) is 0 Å². The summed E-state index contributed by atoms with van der Waals surface area (Å²) in [5.74, 6) is 0.193. The molecule has 0 N–H and O–H groups in total. The molecule has 138 valence electrons. The first kappa shape index (κ1) is 16.5. The normalized spacial score (nSPS) is 20.1. The minimum Gasteiger partial charge on any atom is -0.340 e. The number of hydrogen-bond donors (Lipinski definition) is 0. The van der Waals surface area contributed by atoms with Gasteiger partial charge >= 0.3 is 0 Å². The zero-order chi connectivity index (χ0) is 18.2. The molecule has 3 aromatic rings. The highest BCUT2D eigenvalue weighted by atomic mass is 16.2. The van der Waals surface area contributed by atoms with E-state index in [2.05, 4.69) is 34.1 Å². The highest BCUT2D eigenvalue weighted by Crippen LogP contribution is 2.24. The molecule has 3 heterocycles. The Kier molecular flexibility index (Phi) is 4.17. The van der Waals surface area contributed by atoms with Crippen LogP contribution in [0.1, 0.15) is 17.5 Å². The van der Waals surface area contributed by atoms with Crippen LogP contribution in [0, 0.1) is 0 Å². The summed E-state index contributed by atoms with van der Waals surface area (Å²) in [7, 11) is 0. The molecule has 2 aliphatic heterocycles. The lowest BCUT2D eigenvalue weighted by Crippen LogP contribution is -2.42. The van der Waals surface area contributed by atoms with E-state index in [1.165, 1.54) is 11.1 Å². The lowest BCUT2D eigenvalue weighted by atomic mass is 9.98. The van der Waals surface area contributed by atoms with Crippen molar-refractivity contribution >= 4 is 16.9 Å². The number of nitrogens with zero attached hydrogens (tertiary/aromatic N) is 4. The van der Waals surface area contributed by atoms with Crippen molar-refractivity contribution in [3.8, 4) is 0 Å². The second-order valence-electron chi connectivity index (χ2n) is 7.63. The SMILES string of the molecule is O=C(Cn1cnc2ccccc21)N1CCC(N2CCc3ccccc3C2)C1. The average Bonchev–Trinajstić information content (AvgIpc) is 3.36. The van der Waals surface area contributed by atoms with Gasteiger partial charge in [-0.2, -0.15) is 0 Å². The third-order valence-corrected chi connectivity index (χ3v) is 6.03. The minimum atomic E-state index is 0.193. The topological polar surface area (TPSA) is 41.4 Å². The van der Waals surface area contributed by atoms with Crippen molar-refractivity contribution in [2.75, 3.05) is 19.6 Å². The van der Waals surface area contributed by atoms with Crippen molar-refractivity contribution < 1.29 is 4.79 Å². The molecule has 5 heteroatoms. The molecule has 0 saturated carbocycles. The van der Waals surface area contributed by atoms with E-state index < -0.39 is 0 Å². The molecule has 0 aliphatic carbocycles. The Morgan fingerprint density at radius 2 is 1.85 bits per heavy atom. The maximum Gasteiger partial charge on any atom is 0.242 e. The van der Waals surface area contributed by atoms with Crippen LogP contribution >= 0.6 is 0 Å². The molecule has 0 radical (unpaired) electrons.